The normalized spacial score (nSPS) is 12.7. The second-order valence-electron chi connectivity index (χ2n) is 7.71. The molecule has 0 aliphatic carbocycles. The van der Waals surface area contributed by atoms with Crippen molar-refractivity contribution in [2.45, 2.75) is 39.3 Å². The number of carbonyl (C=O) groups excluding carboxylic acids is 2. The Morgan fingerprint density at radius 3 is 2.44 bits per heavy atom. The van der Waals surface area contributed by atoms with Crippen molar-refractivity contribution in [1.29, 1.82) is 0 Å². The van der Waals surface area contributed by atoms with E-state index < -0.39 is 29.3 Å². The second kappa shape index (κ2) is 10.00. The number of aliphatic carboxylic acids is 1. The van der Waals surface area contributed by atoms with E-state index in [1.165, 1.54) is 17.0 Å². The van der Waals surface area contributed by atoms with Gasteiger partial charge >= 0.3 is 5.97 Å². The average molecular weight is 438 g/mol. The molecule has 8 heteroatoms. The lowest BCUT2D eigenvalue weighted by Gasteiger charge is -2.17. The number of phenolic OH excluding ortho intramolecular Hbond substituents is 2. The first-order valence-corrected chi connectivity index (χ1v) is 10.5. The average Bonchev–Trinajstić information content (AvgIpc) is 3.18. The largest absolute Gasteiger partial charge is 0.507 e. The Hall–Kier alpha value is -3.81. The van der Waals surface area contributed by atoms with Crippen molar-refractivity contribution in [2.75, 3.05) is 6.54 Å². The molecule has 4 N–H and O–H groups in total. The van der Waals surface area contributed by atoms with E-state index in [9.17, 15) is 24.6 Å². The first-order chi connectivity index (χ1) is 15.3. The van der Waals surface area contributed by atoms with Gasteiger partial charge in [-0.3, -0.25) is 9.59 Å². The number of amides is 2. The molecule has 1 aliphatic heterocycles. The maximum absolute atomic E-state index is 13.1. The highest BCUT2D eigenvalue weighted by Crippen LogP contribution is 2.31. The second-order valence-corrected chi connectivity index (χ2v) is 7.71. The van der Waals surface area contributed by atoms with Gasteiger partial charge in [0.15, 0.2) is 0 Å². The van der Waals surface area contributed by atoms with Gasteiger partial charge < -0.3 is 25.5 Å². The summed E-state index contributed by atoms with van der Waals surface area (Å²) in [4.78, 5) is 37.8. The zero-order valence-electron chi connectivity index (χ0n) is 17.8. The zero-order valence-corrected chi connectivity index (χ0v) is 17.8. The number of hydrogen-bond donors (Lipinski definition) is 4. The van der Waals surface area contributed by atoms with E-state index in [1.807, 2.05) is 12.1 Å². The number of carboxylic acid groups (broad SMARTS) is 1. The van der Waals surface area contributed by atoms with Crippen molar-refractivity contribution in [3.63, 3.8) is 0 Å². The third-order valence-electron chi connectivity index (χ3n) is 5.31. The van der Waals surface area contributed by atoms with Crippen LogP contribution in [0.15, 0.2) is 36.4 Å². The van der Waals surface area contributed by atoms with E-state index in [2.05, 4.69) is 12.2 Å². The highest BCUT2D eigenvalue weighted by Gasteiger charge is 2.28. The van der Waals surface area contributed by atoms with Crippen LogP contribution in [0.25, 0.3) is 6.08 Å². The molecule has 168 valence electrons. The van der Waals surface area contributed by atoms with Crippen molar-refractivity contribution in [1.82, 2.24) is 10.2 Å². The predicted molar refractivity (Wildman–Crippen MR) is 118 cm³/mol. The Bertz CT molecular complexity index is 1080. The quantitative estimate of drug-likeness (QED) is 0.370. The maximum atomic E-state index is 13.1. The van der Waals surface area contributed by atoms with Crippen LogP contribution in [-0.2, 0) is 17.9 Å². The number of nitrogens with zero attached hydrogens (tertiary/aromatic N) is 1. The molecule has 0 aromatic heterocycles. The molecule has 0 unspecified atom stereocenters. The van der Waals surface area contributed by atoms with Crippen LogP contribution in [0.1, 0.15) is 63.6 Å². The van der Waals surface area contributed by atoms with Gasteiger partial charge in [-0.05, 0) is 41.3 Å². The molecule has 32 heavy (non-hydrogen) atoms. The van der Waals surface area contributed by atoms with Crippen LogP contribution < -0.4 is 5.32 Å². The molecule has 0 spiro atoms. The number of carboxylic acids is 1. The third-order valence-corrected chi connectivity index (χ3v) is 5.31. The summed E-state index contributed by atoms with van der Waals surface area (Å²) in [6.45, 7) is 3.10. The van der Waals surface area contributed by atoms with E-state index in [4.69, 9.17) is 5.11 Å². The Morgan fingerprint density at radius 1 is 1.00 bits per heavy atom. The molecule has 0 radical (unpaired) electrons. The van der Waals surface area contributed by atoms with Crippen LogP contribution >= 0.6 is 0 Å². The van der Waals surface area contributed by atoms with E-state index >= 15 is 0 Å². The SMILES string of the molecule is CCCCCNC(=O)c1cc(C(=O)N2Cc3ccc(C=CC(=O)O)cc3C2)c(O)cc1O. The molecular weight excluding hydrogens is 412 g/mol. The number of nitrogens with one attached hydrogen (secondary N) is 1. The lowest BCUT2D eigenvalue weighted by Crippen LogP contribution is -2.27. The summed E-state index contributed by atoms with van der Waals surface area (Å²) in [6, 6.07) is 7.63. The summed E-state index contributed by atoms with van der Waals surface area (Å²) in [5, 5.41) is 31.9. The van der Waals surface area contributed by atoms with Crippen molar-refractivity contribution < 1.29 is 29.7 Å². The highest BCUT2D eigenvalue weighted by atomic mass is 16.4. The van der Waals surface area contributed by atoms with Gasteiger partial charge in [0.25, 0.3) is 11.8 Å². The summed E-state index contributed by atoms with van der Waals surface area (Å²) in [7, 11) is 0. The first kappa shape index (κ1) is 22.9. The van der Waals surface area contributed by atoms with Gasteiger partial charge in [-0.25, -0.2) is 4.79 Å². The highest BCUT2D eigenvalue weighted by molar-refractivity contribution is 6.03. The van der Waals surface area contributed by atoms with Gasteiger partial charge in [-0.2, -0.15) is 0 Å². The van der Waals surface area contributed by atoms with Crippen molar-refractivity contribution in [2.24, 2.45) is 0 Å². The van der Waals surface area contributed by atoms with Gasteiger partial charge in [-0.1, -0.05) is 31.9 Å². The van der Waals surface area contributed by atoms with Gasteiger partial charge in [0.05, 0.1) is 11.1 Å². The summed E-state index contributed by atoms with van der Waals surface area (Å²) >= 11 is 0. The Balaban J connectivity index is 1.77. The molecule has 3 rings (SSSR count). The van der Waals surface area contributed by atoms with Crippen molar-refractivity contribution >= 4 is 23.9 Å². The van der Waals surface area contributed by atoms with Gasteiger partial charge in [0, 0.05) is 31.8 Å². The molecule has 0 fully saturated rings. The Labute approximate surface area is 185 Å². The number of fused-ring (bicyclic) bond motifs is 1. The summed E-state index contributed by atoms with van der Waals surface area (Å²) in [6.07, 6.45) is 5.30. The fourth-order valence-electron chi connectivity index (χ4n) is 3.60. The van der Waals surface area contributed by atoms with Crippen LogP contribution in [0, 0.1) is 0 Å². The minimum absolute atomic E-state index is 0.0690. The van der Waals surface area contributed by atoms with Crippen LogP contribution in [0.3, 0.4) is 0 Å². The zero-order chi connectivity index (χ0) is 23.3. The number of aromatic hydroxyl groups is 2. The minimum atomic E-state index is -1.05. The fourth-order valence-corrected chi connectivity index (χ4v) is 3.60. The van der Waals surface area contributed by atoms with Crippen LogP contribution in [-0.4, -0.2) is 44.5 Å². The number of phenols is 2. The Kier molecular flexibility index (Phi) is 7.14. The molecule has 8 nitrogen and oxygen atoms in total. The van der Waals surface area contributed by atoms with E-state index in [0.29, 0.717) is 18.7 Å². The molecule has 0 atom stereocenters. The third kappa shape index (κ3) is 5.26. The topological polar surface area (TPSA) is 127 Å². The van der Waals surface area contributed by atoms with Gasteiger partial charge in [0.2, 0.25) is 0 Å². The molecule has 2 aromatic rings. The monoisotopic (exact) mass is 438 g/mol. The fraction of sp³-hybridized carbons (Fsp3) is 0.292. The van der Waals surface area contributed by atoms with Gasteiger partial charge in [0.1, 0.15) is 11.5 Å². The number of hydrogen-bond acceptors (Lipinski definition) is 5. The van der Waals surface area contributed by atoms with Crippen LogP contribution in [0.5, 0.6) is 11.5 Å². The molecule has 2 amide bonds. The summed E-state index contributed by atoms with van der Waals surface area (Å²) < 4.78 is 0. The maximum Gasteiger partial charge on any atom is 0.328 e. The molecule has 0 bridgehead atoms. The van der Waals surface area contributed by atoms with Crippen molar-refractivity contribution in [3.05, 3.63) is 64.2 Å². The molecular formula is C24H26N2O6. The van der Waals surface area contributed by atoms with Crippen LogP contribution in [0.4, 0.5) is 0 Å². The van der Waals surface area contributed by atoms with Crippen LogP contribution in [0.2, 0.25) is 0 Å². The number of benzene rings is 2. The molecule has 2 aromatic carbocycles. The number of carbonyl (C=O) groups is 3. The first-order valence-electron chi connectivity index (χ1n) is 10.5. The lowest BCUT2D eigenvalue weighted by atomic mass is 10.1. The van der Waals surface area contributed by atoms with E-state index in [1.54, 1.807) is 6.07 Å². The molecule has 0 saturated heterocycles. The summed E-state index contributed by atoms with van der Waals surface area (Å²) in [5.41, 5.74) is 2.35. The van der Waals surface area contributed by atoms with Crippen molar-refractivity contribution in [3.8, 4) is 11.5 Å². The Morgan fingerprint density at radius 2 is 1.72 bits per heavy atom. The smallest absolute Gasteiger partial charge is 0.328 e. The minimum Gasteiger partial charge on any atom is -0.507 e. The van der Waals surface area contributed by atoms with E-state index in [0.717, 1.165) is 42.5 Å². The molecule has 1 heterocycles. The number of rotatable bonds is 8. The van der Waals surface area contributed by atoms with Gasteiger partial charge in [-0.15, -0.1) is 0 Å². The summed E-state index contributed by atoms with van der Waals surface area (Å²) in [5.74, 6) is -2.83. The van der Waals surface area contributed by atoms with E-state index in [-0.39, 0.29) is 17.7 Å². The predicted octanol–water partition coefficient (Wildman–Crippen LogP) is 3.27. The lowest BCUT2D eigenvalue weighted by molar-refractivity contribution is -0.131. The molecule has 0 saturated carbocycles. The number of unbranched alkanes of at least 4 members (excludes halogenated alkanes) is 2. The standard InChI is InChI=1S/C24H26N2O6/c1-2-3-4-9-25-23(31)18-11-19(21(28)12-20(18)27)24(32)26-13-16-7-5-15(6-8-22(29)30)10-17(16)14-26/h5-8,10-12,27-28H,2-4,9,13-14H2,1H3,(H,25,31)(H,29,30). The molecule has 1 aliphatic rings.